The Balaban J connectivity index is 0.000000373. The van der Waals surface area contributed by atoms with Gasteiger partial charge in [0, 0.05) is 13.2 Å². The molecule has 1 aromatic carbocycles. The Bertz CT molecular complexity index is 391. The van der Waals surface area contributed by atoms with Gasteiger partial charge >= 0.3 is 29.6 Å². The maximum absolute atomic E-state index is 9.19. The van der Waals surface area contributed by atoms with E-state index in [0.29, 0.717) is 12.2 Å². The van der Waals surface area contributed by atoms with Gasteiger partial charge in [0.25, 0.3) is 10.1 Å². The van der Waals surface area contributed by atoms with Crippen molar-refractivity contribution in [2.45, 2.75) is 12.3 Å². The zero-order valence-corrected chi connectivity index (χ0v) is 12.9. The molecule has 0 aliphatic carbocycles. The van der Waals surface area contributed by atoms with Crippen molar-refractivity contribution in [1.29, 1.82) is 0 Å². The Morgan fingerprint density at radius 2 is 2.18 bits per heavy atom. The topological polar surface area (TPSA) is 63.6 Å². The largest absolute Gasteiger partial charge is 1.00 e. The van der Waals surface area contributed by atoms with E-state index in [4.69, 9.17) is 9.29 Å². The average Bonchev–Trinajstić information content (AvgIpc) is 2.69. The van der Waals surface area contributed by atoms with Crippen molar-refractivity contribution in [3.63, 3.8) is 0 Å². The molecule has 1 aromatic rings. The summed E-state index contributed by atoms with van der Waals surface area (Å²) >= 11 is 0. The maximum Gasteiger partial charge on any atom is 1.00 e. The third-order valence-corrected chi connectivity index (χ3v) is 2.13. The summed E-state index contributed by atoms with van der Waals surface area (Å²) in [4.78, 5) is 0. The first-order chi connectivity index (χ1) is 7.47. The third kappa shape index (κ3) is 8.77. The van der Waals surface area contributed by atoms with Crippen molar-refractivity contribution in [2.24, 2.45) is 0 Å². The van der Waals surface area contributed by atoms with Crippen LogP contribution in [0.25, 0.3) is 0 Å². The van der Waals surface area contributed by atoms with Gasteiger partial charge < -0.3 is 4.74 Å². The Morgan fingerprint density at radius 3 is 2.59 bits per heavy atom. The summed E-state index contributed by atoms with van der Waals surface area (Å²) in [6, 6.07) is 11.3. The summed E-state index contributed by atoms with van der Waals surface area (Å²) in [5.41, 5.74) is 1.37. The number of hydrogen-bond donors (Lipinski definition) is 1. The van der Waals surface area contributed by atoms with Gasteiger partial charge in [-0.3, -0.25) is 4.55 Å². The summed E-state index contributed by atoms with van der Waals surface area (Å²) in [5.74, 6) is 0.618. The molecular formula is C11H15NaO4S. The van der Waals surface area contributed by atoms with Crippen LogP contribution in [-0.2, 0) is 14.9 Å². The van der Waals surface area contributed by atoms with Crippen molar-refractivity contribution < 1.29 is 47.3 Å². The van der Waals surface area contributed by atoms with Gasteiger partial charge in [-0.05, 0) is 12.3 Å². The van der Waals surface area contributed by atoms with Crippen LogP contribution in [0.15, 0.2) is 24.3 Å². The van der Waals surface area contributed by atoms with E-state index < -0.39 is 10.1 Å². The Kier molecular flexibility index (Phi) is 8.28. The minimum absolute atomic E-state index is 0. The monoisotopic (exact) mass is 266 g/mol. The van der Waals surface area contributed by atoms with E-state index >= 15 is 0 Å². The second kappa shape index (κ2) is 8.24. The van der Waals surface area contributed by atoms with Crippen molar-refractivity contribution in [3.8, 4) is 0 Å². The van der Waals surface area contributed by atoms with E-state index in [2.05, 4.69) is 18.2 Å². The van der Waals surface area contributed by atoms with Crippen LogP contribution in [0.4, 0.5) is 0 Å². The predicted octanol–water partition coefficient (Wildman–Crippen LogP) is -1.50. The van der Waals surface area contributed by atoms with Crippen LogP contribution in [-0.4, -0.2) is 32.4 Å². The smallest absolute Gasteiger partial charge is 0.382 e. The molecule has 1 heterocycles. The Hall–Kier alpha value is 0.0900. The fraction of sp³-hybridized carbons (Fsp3) is 0.455. The number of hydrogen-bond acceptors (Lipinski definition) is 3. The van der Waals surface area contributed by atoms with Crippen LogP contribution in [0.5, 0.6) is 0 Å². The van der Waals surface area contributed by atoms with Gasteiger partial charge in [0.2, 0.25) is 0 Å². The van der Waals surface area contributed by atoms with Gasteiger partial charge in [-0.25, -0.2) is 0 Å². The number of rotatable bonds is 1. The molecule has 1 N–H and O–H groups in total. The van der Waals surface area contributed by atoms with Gasteiger partial charge in [0.05, 0.1) is 6.26 Å². The molecular weight excluding hydrogens is 251 g/mol. The fourth-order valence-corrected chi connectivity index (χ4v) is 1.46. The van der Waals surface area contributed by atoms with Gasteiger partial charge in [-0.2, -0.15) is 44.3 Å². The van der Waals surface area contributed by atoms with E-state index in [1.165, 1.54) is 5.56 Å². The molecule has 2 rings (SSSR count). The summed E-state index contributed by atoms with van der Waals surface area (Å²) in [6.07, 6.45) is 1.88. The van der Waals surface area contributed by atoms with Crippen molar-refractivity contribution in [3.05, 3.63) is 35.9 Å². The first kappa shape index (κ1) is 17.1. The minimum Gasteiger partial charge on any atom is -0.382 e. The normalized spacial score (nSPS) is 18.8. The fourth-order valence-electron chi connectivity index (χ4n) is 1.46. The summed E-state index contributed by atoms with van der Waals surface area (Å²) < 4.78 is 31.2. The van der Waals surface area contributed by atoms with E-state index in [0.717, 1.165) is 19.6 Å². The second-order valence-electron chi connectivity index (χ2n) is 3.63. The first-order valence-corrected chi connectivity index (χ1v) is 6.78. The van der Waals surface area contributed by atoms with Crippen molar-refractivity contribution in [1.82, 2.24) is 0 Å². The van der Waals surface area contributed by atoms with Crippen molar-refractivity contribution >= 4 is 10.1 Å². The minimum atomic E-state index is -3.67. The summed E-state index contributed by atoms with van der Waals surface area (Å²) in [6.45, 7) is 1.80. The van der Waals surface area contributed by atoms with Crippen LogP contribution >= 0.6 is 0 Å². The first-order valence-electron chi connectivity index (χ1n) is 4.93. The number of benzene rings is 1. The quantitative estimate of drug-likeness (QED) is 0.382. The van der Waals surface area contributed by atoms with Gasteiger partial charge in [-0.1, -0.05) is 0 Å². The van der Waals surface area contributed by atoms with Crippen LogP contribution in [0.1, 0.15) is 17.9 Å². The van der Waals surface area contributed by atoms with Crippen molar-refractivity contribution in [2.75, 3.05) is 19.5 Å². The molecule has 0 radical (unpaired) electrons. The van der Waals surface area contributed by atoms with Gasteiger partial charge in [-0.15, -0.1) is 0 Å². The molecule has 17 heavy (non-hydrogen) atoms. The molecule has 0 amide bonds. The molecule has 1 fully saturated rings. The van der Waals surface area contributed by atoms with E-state index in [1.54, 1.807) is 0 Å². The van der Waals surface area contributed by atoms with Crippen LogP contribution in [0.2, 0.25) is 0 Å². The summed E-state index contributed by atoms with van der Waals surface area (Å²) in [5, 5.41) is 0. The van der Waals surface area contributed by atoms with Crippen LogP contribution in [0.3, 0.4) is 0 Å². The molecule has 4 nitrogen and oxygen atoms in total. The Labute approximate surface area is 124 Å². The van der Waals surface area contributed by atoms with E-state index in [9.17, 15) is 8.42 Å². The SMILES string of the molecule is CS(=O)(=O)O.[Na+].[c-]1cccc(C2CCOC2)c1. The maximum atomic E-state index is 9.19. The van der Waals surface area contributed by atoms with Gasteiger partial charge in [0.15, 0.2) is 0 Å². The molecule has 0 saturated carbocycles. The zero-order chi connectivity index (χ0) is 12.0. The molecule has 0 aromatic heterocycles. The second-order valence-corrected chi connectivity index (χ2v) is 5.10. The third-order valence-electron chi connectivity index (χ3n) is 2.13. The number of ether oxygens (including phenoxy) is 1. The average molecular weight is 266 g/mol. The molecule has 0 spiro atoms. The standard InChI is InChI=1S/C10H11O.CH4O3S.Na/c1-2-4-9(5-3-1)10-6-7-11-8-10;1-5(2,3)4;/h1-2,4-5,10H,6-8H2;1H3,(H,2,3,4);/q-1;;+1. The Morgan fingerprint density at radius 1 is 1.53 bits per heavy atom. The molecule has 1 atom stereocenters. The molecule has 0 bridgehead atoms. The molecule has 1 aliphatic heterocycles. The zero-order valence-electron chi connectivity index (χ0n) is 10.1. The molecule has 6 heteroatoms. The molecule has 1 unspecified atom stereocenters. The van der Waals surface area contributed by atoms with Gasteiger partial charge in [0.1, 0.15) is 0 Å². The predicted molar refractivity (Wildman–Crippen MR) is 60.9 cm³/mol. The summed E-state index contributed by atoms with van der Waals surface area (Å²) in [7, 11) is -3.67. The van der Waals surface area contributed by atoms with Crippen LogP contribution in [0, 0.1) is 6.07 Å². The van der Waals surface area contributed by atoms with Crippen LogP contribution < -0.4 is 29.6 Å². The molecule has 1 saturated heterocycles. The molecule has 90 valence electrons. The van der Waals surface area contributed by atoms with E-state index in [1.807, 2.05) is 12.1 Å². The van der Waals surface area contributed by atoms with E-state index in [-0.39, 0.29) is 29.6 Å². The molecule has 1 aliphatic rings.